The standard InChI is InChI=1S/C16H18BrN3O3/c1-10(2)14(16(22)23)20-15(21)12(7-18)9-19-8-11-4-3-5-13(17)6-11/h3-6,9-10,14,19H,8H2,1-2H3,(H,20,21)(H,22,23)/b12-9-. The molecule has 1 atom stereocenters. The molecule has 1 aromatic carbocycles. The highest BCUT2D eigenvalue weighted by molar-refractivity contribution is 9.10. The van der Waals surface area contributed by atoms with Gasteiger partial charge < -0.3 is 15.7 Å². The van der Waals surface area contributed by atoms with E-state index in [2.05, 4.69) is 26.6 Å². The van der Waals surface area contributed by atoms with Gasteiger partial charge in [0.2, 0.25) is 0 Å². The number of carbonyl (C=O) groups is 2. The monoisotopic (exact) mass is 379 g/mol. The van der Waals surface area contributed by atoms with E-state index in [4.69, 9.17) is 10.4 Å². The van der Waals surface area contributed by atoms with Crippen LogP contribution in [-0.2, 0) is 16.1 Å². The Labute approximate surface area is 143 Å². The molecule has 0 aliphatic carbocycles. The number of carboxylic acids is 1. The van der Waals surface area contributed by atoms with Crippen LogP contribution in [0, 0.1) is 17.2 Å². The Bertz CT molecular complexity index is 650. The Morgan fingerprint density at radius 3 is 2.65 bits per heavy atom. The summed E-state index contributed by atoms with van der Waals surface area (Å²) in [7, 11) is 0. The number of aliphatic carboxylic acids is 1. The predicted molar refractivity (Wildman–Crippen MR) is 89.1 cm³/mol. The molecule has 1 unspecified atom stereocenters. The van der Waals surface area contributed by atoms with Gasteiger partial charge in [0, 0.05) is 17.2 Å². The molecule has 6 nitrogen and oxygen atoms in total. The number of amides is 1. The number of carboxylic acid groups (broad SMARTS) is 1. The summed E-state index contributed by atoms with van der Waals surface area (Å²) in [4.78, 5) is 23.1. The summed E-state index contributed by atoms with van der Waals surface area (Å²) in [6, 6.07) is 8.31. The molecule has 7 heteroatoms. The van der Waals surface area contributed by atoms with Crippen molar-refractivity contribution in [2.24, 2.45) is 5.92 Å². The van der Waals surface area contributed by atoms with Gasteiger partial charge in [0.25, 0.3) is 5.91 Å². The summed E-state index contributed by atoms with van der Waals surface area (Å²) in [5.41, 5.74) is 0.797. The number of rotatable bonds is 7. The first-order chi connectivity index (χ1) is 10.8. The van der Waals surface area contributed by atoms with Crippen LogP contribution in [0.1, 0.15) is 19.4 Å². The minimum absolute atomic E-state index is 0.174. The van der Waals surface area contributed by atoms with Crippen LogP contribution in [0.15, 0.2) is 40.5 Å². The lowest BCUT2D eigenvalue weighted by Crippen LogP contribution is -2.44. The molecule has 1 aromatic rings. The number of hydrogen-bond donors (Lipinski definition) is 3. The Hall–Kier alpha value is -2.33. The fraction of sp³-hybridized carbons (Fsp3) is 0.312. The second-order valence-electron chi connectivity index (χ2n) is 5.21. The molecule has 0 aliphatic heterocycles. The van der Waals surface area contributed by atoms with Gasteiger partial charge in [-0.25, -0.2) is 4.79 Å². The minimum atomic E-state index is -1.13. The number of nitrogens with one attached hydrogen (secondary N) is 2. The molecule has 0 spiro atoms. The van der Waals surface area contributed by atoms with Gasteiger partial charge in [-0.05, 0) is 23.6 Å². The number of nitriles is 1. The first kappa shape index (κ1) is 18.7. The lowest BCUT2D eigenvalue weighted by molar-refractivity contribution is -0.142. The molecule has 0 aromatic heterocycles. The van der Waals surface area contributed by atoms with E-state index in [1.54, 1.807) is 19.9 Å². The highest BCUT2D eigenvalue weighted by atomic mass is 79.9. The van der Waals surface area contributed by atoms with E-state index >= 15 is 0 Å². The molecule has 0 bridgehead atoms. The summed E-state index contributed by atoms with van der Waals surface area (Å²) in [5.74, 6) is -2.13. The van der Waals surface area contributed by atoms with E-state index in [0.29, 0.717) is 6.54 Å². The number of carbonyl (C=O) groups excluding carboxylic acids is 1. The summed E-state index contributed by atoms with van der Waals surface area (Å²) in [6.45, 7) is 3.80. The van der Waals surface area contributed by atoms with Gasteiger partial charge in [-0.2, -0.15) is 5.26 Å². The van der Waals surface area contributed by atoms with Crippen LogP contribution in [0.2, 0.25) is 0 Å². The molecule has 3 N–H and O–H groups in total. The highest BCUT2D eigenvalue weighted by Gasteiger charge is 2.24. The SMILES string of the molecule is CC(C)C(NC(=O)/C(C#N)=C\NCc1cccc(Br)c1)C(=O)O. The number of nitrogens with zero attached hydrogens (tertiary/aromatic N) is 1. The van der Waals surface area contributed by atoms with Crippen molar-refractivity contribution in [3.63, 3.8) is 0 Å². The zero-order valence-corrected chi connectivity index (χ0v) is 14.4. The van der Waals surface area contributed by atoms with Crippen molar-refractivity contribution in [2.75, 3.05) is 0 Å². The second-order valence-corrected chi connectivity index (χ2v) is 6.13. The number of halogens is 1. The van der Waals surface area contributed by atoms with Crippen LogP contribution in [-0.4, -0.2) is 23.0 Å². The van der Waals surface area contributed by atoms with Crippen LogP contribution in [0.25, 0.3) is 0 Å². The van der Waals surface area contributed by atoms with Gasteiger partial charge in [0.15, 0.2) is 0 Å². The van der Waals surface area contributed by atoms with Gasteiger partial charge in [0.1, 0.15) is 17.7 Å². The van der Waals surface area contributed by atoms with Gasteiger partial charge >= 0.3 is 5.97 Å². The third kappa shape index (κ3) is 6.12. The van der Waals surface area contributed by atoms with Crippen LogP contribution < -0.4 is 10.6 Å². The lowest BCUT2D eigenvalue weighted by Gasteiger charge is -2.17. The molecule has 0 fully saturated rings. The minimum Gasteiger partial charge on any atom is -0.480 e. The number of benzene rings is 1. The Balaban J connectivity index is 2.69. The van der Waals surface area contributed by atoms with Crippen molar-refractivity contribution in [3.05, 3.63) is 46.1 Å². The van der Waals surface area contributed by atoms with Crippen molar-refractivity contribution in [1.29, 1.82) is 5.26 Å². The summed E-state index contributed by atoms with van der Waals surface area (Å²) in [6.07, 6.45) is 1.29. The van der Waals surface area contributed by atoms with E-state index in [-0.39, 0.29) is 11.5 Å². The molecule has 122 valence electrons. The molecule has 0 aliphatic rings. The van der Waals surface area contributed by atoms with E-state index in [1.807, 2.05) is 24.3 Å². The summed E-state index contributed by atoms with van der Waals surface area (Å²) >= 11 is 3.36. The first-order valence-corrected chi connectivity index (χ1v) is 7.76. The van der Waals surface area contributed by atoms with Crippen LogP contribution in [0.4, 0.5) is 0 Å². The summed E-state index contributed by atoms with van der Waals surface area (Å²) < 4.78 is 0.931. The molecule has 23 heavy (non-hydrogen) atoms. The van der Waals surface area contributed by atoms with Gasteiger partial charge in [-0.1, -0.05) is 41.9 Å². The third-order valence-electron chi connectivity index (χ3n) is 3.03. The van der Waals surface area contributed by atoms with Crippen molar-refractivity contribution >= 4 is 27.8 Å². The van der Waals surface area contributed by atoms with Crippen molar-refractivity contribution < 1.29 is 14.7 Å². The Morgan fingerprint density at radius 2 is 2.13 bits per heavy atom. The Morgan fingerprint density at radius 1 is 1.43 bits per heavy atom. The molecule has 0 saturated heterocycles. The molecular weight excluding hydrogens is 362 g/mol. The van der Waals surface area contributed by atoms with E-state index in [9.17, 15) is 9.59 Å². The molecule has 0 heterocycles. The zero-order valence-electron chi connectivity index (χ0n) is 12.8. The van der Waals surface area contributed by atoms with Crippen molar-refractivity contribution in [1.82, 2.24) is 10.6 Å². The van der Waals surface area contributed by atoms with E-state index < -0.39 is 17.9 Å². The van der Waals surface area contributed by atoms with Crippen LogP contribution in [0.3, 0.4) is 0 Å². The second kappa shape index (κ2) is 8.96. The van der Waals surface area contributed by atoms with Crippen LogP contribution in [0.5, 0.6) is 0 Å². The van der Waals surface area contributed by atoms with Gasteiger partial charge in [-0.15, -0.1) is 0 Å². The smallest absolute Gasteiger partial charge is 0.326 e. The van der Waals surface area contributed by atoms with E-state index in [0.717, 1.165) is 10.0 Å². The zero-order chi connectivity index (χ0) is 17.4. The average molecular weight is 380 g/mol. The molecule has 0 radical (unpaired) electrons. The topological polar surface area (TPSA) is 102 Å². The first-order valence-electron chi connectivity index (χ1n) is 6.97. The third-order valence-corrected chi connectivity index (χ3v) is 3.52. The number of hydrogen-bond acceptors (Lipinski definition) is 4. The molecule has 1 rings (SSSR count). The Kier molecular flexibility index (Phi) is 7.29. The lowest BCUT2D eigenvalue weighted by atomic mass is 10.0. The highest BCUT2D eigenvalue weighted by Crippen LogP contribution is 2.11. The van der Waals surface area contributed by atoms with Crippen molar-refractivity contribution in [3.8, 4) is 6.07 Å². The van der Waals surface area contributed by atoms with Gasteiger partial charge in [-0.3, -0.25) is 4.79 Å². The molecule has 1 amide bonds. The van der Waals surface area contributed by atoms with Crippen molar-refractivity contribution in [2.45, 2.75) is 26.4 Å². The normalized spacial score (nSPS) is 12.4. The maximum Gasteiger partial charge on any atom is 0.326 e. The summed E-state index contributed by atoms with van der Waals surface area (Å²) in [5, 5.41) is 23.3. The fourth-order valence-corrected chi connectivity index (χ4v) is 2.25. The van der Waals surface area contributed by atoms with Crippen LogP contribution >= 0.6 is 15.9 Å². The predicted octanol–water partition coefficient (Wildman–Crippen LogP) is 2.17. The quantitative estimate of drug-likeness (QED) is 0.497. The molecular formula is C16H18BrN3O3. The van der Waals surface area contributed by atoms with E-state index in [1.165, 1.54) is 6.20 Å². The maximum atomic E-state index is 12.0. The average Bonchev–Trinajstić information content (AvgIpc) is 2.48. The maximum absolute atomic E-state index is 12.0. The molecule has 0 saturated carbocycles. The van der Waals surface area contributed by atoms with Gasteiger partial charge in [0.05, 0.1) is 0 Å². The fourth-order valence-electron chi connectivity index (χ4n) is 1.80. The largest absolute Gasteiger partial charge is 0.480 e.